The van der Waals surface area contributed by atoms with Gasteiger partial charge in [0.1, 0.15) is 6.67 Å². The van der Waals surface area contributed by atoms with E-state index in [4.69, 9.17) is 0 Å². The van der Waals surface area contributed by atoms with Crippen molar-refractivity contribution >= 4 is 5.91 Å². The van der Waals surface area contributed by atoms with Crippen molar-refractivity contribution in [3.8, 4) is 5.75 Å². The van der Waals surface area contributed by atoms with Gasteiger partial charge in [-0.2, -0.15) is 0 Å². The van der Waals surface area contributed by atoms with E-state index in [2.05, 4.69) is 23.2 Å². The minimum atomic E-state index is -0.567. The molecule has 7 heteroatoms. The average molecular weight is 414 g/mol. The van der Waals surface area contributed by atoms with Gasteiger partial charge in [-0.05, 0) is 41.7 Å². The number of hydrogen-bond acceptors (Lipinski definition) is 5. The minimum Gasteiger partial charge on any atom is -0.502 e. The lowest BCUT2D eigenvalue weighted by Crippen LogP contribution is -2.55. The number of fused-ring (bicyclic) bond motifs is 5. The molecule has 1 amide bonds. The summed E-state index contributed by atoms with van der Waals surface area (Å²) in [5.74, 6) is -0.889. The lowest BCUT2D eigenvalue weighted by molar-refractivity contribution is 0.0701. The van der Waals surface area contributed by atoms with E-state index in [1.54, 1.807) is 28.2 Å². The molecule has 0 radical (unpaired) electrons. The first-order valence-electron chi connectivity index (χ1n) is 10.3. The second-order valence-electron chi connectivity index (χ2n) is 7.72. The maximum absolute atomic E-state index is 13.2. The molecule has 0 saturated carbocycles. The fourth-order valence-corrected chi connectivity index (χ4v) is 4.38. The summed E-state index contributed by atoms with van der Waals surface area (Å²) in [5, 5.41) is 12.5. The molecule has 0 fully saturated rings. The molecule has 1 aromatic carbocycles. The van der Waals surface area contributed by atoms with Crippen LogP contribution in [-0.2, 0) is 6.42 Å². The van der Waals surface area contributed by atoms with E-state index in [0.717, 1.165) is 24.0 Å². The van der Waals surface area contributed by atoms with Crippen molar-refractivity contribution in [2.45, 2.75) is 18.9 Å². The van der Waals surface area contributed by atoms with Crippen LogP contribution in [0.2, 0.25) is 0 Å². The van der Waals surface area contributed by atoms with E-state index in [1.165, 1.54) is 11.6 Å². The number of aromatic hydroxyl groups is 1. The maximum Gasteiger partial charge on any atom is 0.278 e. The quantitative estimate of drug-likeness (QED) is 0.620. The highest BCUT2D eigenvalue weighted by atomic mass is 16.3. The number of benzene rings is 1. The summed E-state index contributed by atoms with van der Waals surface area (Å²) in [6, 6.07) is 13.3. The van der Waals surface area contributed by atoms with Gasteiger partial charge < -0.3 is 10.0 Å². The molecule has 2 aromatic heterocycles. The number of nitrogens with zero attached hydrogens (tertiary/aromatic N) is 4. The molecular weight excluding hydrogens is 392 g/mol. The van der Waals surface area contributed by atoms with Crippen LogP contribution in [-0.4, -0.2) is 38.8 Å². The SMILES string of the molecule is O=C1c2c(O)c(=O)ccn2N2CN1C/C=C\CCc1ccccc1[C@@H]2c1ccncc1. The molecule has 156 valence electrons. The van der Waals surface area contributed by atoms with E-state index in [0.29, 0.717) is 13.2 Å². The molecular formula is C24H22N4O3. The third-order valence-corrected chi connectivity index (χ3v) is 5.88. The van der Waals surface area contributed by atoms with Gasteiger partial charge >= 0.3 is 0 Å². The zero-order valence-electron chi connectivity index (χ0n) is 16.9. The first-order valence-corrected chi connectivity index (χ1v) is 10.3. The number of aryl methyl sites for hydroxylation is 1. The van der Waals surface area contributed by atoms with E-state index < -0.39 is 11.2 Å². The summed E-state index contributed by atoms with van der Waals surface area (Å²) in [6.07, 6.45) is 10.9. The zero-order valence-corrected chi connectivity index (χ0v) is 16.9. The van der Waals surface area contributed by atoms with E-state index in [9.17, 15) is 14.7 Å². The second-order valence-corrected chi connectivity index (χ2v) is 7.72. The topological polar surface area (TPSA) is 78.7 Å². The molecule has 0 aliphatic carbocycles. The molecule has 2 aliphatic rings. The van der Waals surface area contributed by atoms with E-state index in [1.807, 2.05) is 35.4 Å². The number of pyridine rings is 2. The lowest BCUT2D eigenvalue weighted by atomic mass is 9.92. The smallest absolute Gasteiger partial charge is 0.278 e. The Labute approximate surface area is 179 Å². The molecule has 1 atom stereocenters. The van der Waals surface area contributed by atoms with Gasteiger partial charge in [-0.3, -0.25) is 24.3 Å². The number of carbonyl (C=O) groups is 1. The van der Waals surface area contributed by atoms with Crippen LogP contribution in [0, 0.1) is 0 Å². The van der Waals surface area contributed by atoms with Crippen LogP contribution >= 0.6 is 0 Å². The Kier molecular flexibility index (Phi) is 4.78. The van der Waals surface area contributed by atoms with Gasteiger partial charge in [0.25, 0.3) is 5.91 Å². The van der Waals surface area contributed by atoms with Crippen molar-refractivity contribution in [2.24, 2.45) is 0 Å². The zero-order chi connectivity index (χ0) is 21.4. The van der Waals surface area contributed by atoms with Crippen LogP contribution < -0.4 is 10.4 Å². The number of amides is 1. The fraction of sp³-hybridized carbons (Fsp3) is 0.208. The second kappa shape index (κ2) is 7.75. The molecule has 5 rings (SSSR count). The largest absolute Gasteiger partial charge is 0.502 e. The summed E-state index contributed by atoms with van der Waals surface area (Å²) < 4.78 is 1.62. The van der Waals surface area contributed by atoms with Gasteiger partial charge in [0.05, 0.1) is 6.04 Å². The molecule has 7 nitrogen and oxygen atoms in total. The Hall–Kier alpha value is -3.87. The monoisotopic (exact) mass is 414 g/mol. The van der Waals surface area contributed by atoms with Gasteiger partial charge in [0.2, 0.25) is 5.43 Å². The standard InChI is InChI=1S/C24H22N4O3/c29-20-11-15-27-22(23(20)30)24(31)26-14-5-1-2-6-17-7-3-4-8-19(17)21(28(27)16-26)18-9-12-25-13-10-18/h1,3-5,7-13,15,21,30H,2,6,14,16H2/b5-1-/t21-/m0/s1. The van der Waals surface area contributed by atoms with Crippen molar-refractivity contribution in [3.05, 3.63) is 106 Å². The molecule has 3 aromatic rings. The number of allylic oxidation sites excluding steroid dienone is 1. The molecule has 2 aliphatic heterocycles. The van der Waals surface area contributed by atoms with Crippen molar-refractivity contribution in [2.75, 3.05) is 18.2 Å². The molecule has 0 spiro atoms. The van der Waals surface area contributed by atoms with Gasteiger partial charge in [0, 0.05) is 31.2 Å². The van der Waals surface area contributed by atoms with Gasteiger partial charge in [-0.25, -0.2) is 0 Å². The Morgan fingerprint density at radius 3 is 2.65 bits per heavy atom. The lowest BCUT2D eigenvalue weighted by Gasteiger charge is -2.44. The Bertz CT molecular complexity index is 1220. The van der Waals surface area contributed by atoms with Crippen LogP contribution in [0.15, 0.2) is 78.0 Å². The number of carbonyl (C=O) groups excluding carboxylic acids is 1. The van der Waals surface area contributed by atoms with Crippen LogP contribution in [0.4, 0.5) is 0 Å². The van der Waals surface area contributed by atoms with Gasteiger partial charge in [-0.1, -0.05) is 36.4 Å². The number of hydrogen-bond donors (Lipinski definition) is 1. The normalized spacial score (nSPS) is 19.2. The number of aromatic nitrogens is 2. The first kappa shape index (κ1) is 19.1. The first-order chi connectivity index (χ1) is 15.1. The summed E-state index contributed by atoms with van der Waals surface area (Å²) in [7, 11) is 0. The fourth-order valence-electron chi connectivity index (χ4n) is 4.38. The number of rotatable bonds is 1. The van der Waals surface area contributed by atoms with Crippen molar-refractivity contribution in [1.29, 1.82) is 0 Å². The minimum absolute atomic E-state index is 0.0112. The van der Waals surface area contributed by atoms with Gasteiger partial charge in [-0.15, -0.1) is 0 Å². The third-order valence-electron chi connectivity index (χ3n) is 5.88. The summed E-state index contributed by atoms with van der Waals surface area (Å²) in [4.78, 5) is 31.2. The van der Waals surface area contributed by atoms with Crippen molar-refractivity contribution < 1.29 is 9.90 Å². The molecule has 0 unspecified atom stereocenters. The maximum atomic E-state index is 13.2. The molecule has 0 saturated heterocycles. The Morgan fingerprint density at radius 2 is 1.81 bits per heavy atom. The highest BCUT2D eigenvalue weighted by Crippen LogP contribution is 2.34. The van der Waals surface area contributed by atoms with Crippen LogP contribution in [0.3, 0.4) is 0 Å². The van der Waals surface area contributed by atoms with Crippen LogP contribution in [0.1, 0.15) is 39.6 Å². The Balaban J connectivity index is 1.80. The van der Waals surface area contributed by atoms with Crippen molar-refractivity contribution in [1.82, 2.24) is 14.6 Å². The molecule has 2 bridgehead atoms. The summed E-state index contributed by atoms with van der Waals surface area (Å²) in [5.41, 5.74) is 2.76. The molecule has 4 heterocycles. The Morgan fingerprint density at radius 1 is 1.00 bits per heavy atom. The van der Waals surface area contributed by atoms with Crippen molar-refractivity contribution in [3.63, 3.8) is 0 Å². The van der Waals surface area contributed by atoms with Gasteiger partial charge in [0.15, 0.2) is 11.4 Å². The molecule has 1 N–H and O–H groups in total. The predicted molar refractivity (Wildman–Crippen MR) is 116 cm³/mol. The van der Waals surface area contributed by atoms with Crippen LogP contribution in [0.25, 0.3) is 0 Å². The summed E-state index contributed by atoms with van der Waals surface area (Å²) in [6.45, 7) is 0.705. The predicted octanol–water partition coefficient (Wildman–Crippen LogP) is 2.59. The summed E-state index contributed by atoms with van der Waals surface area (Å²) >= 11 is 0. The average Bonchev–Trinajstić information content (AvgIpc) is 2.82. The van der Waals surface area contributed by atoms with E-state index >= 15 is 0 Å². The van der Waals surface area contributed by atoms with E-state index in [-0.39, 0.29) is 17.6 Å². The van der Waals surface area contributed by atoms with Crippen LogP contribution in [0.5, 0.6) is 5.75 Å². The highest BCUT2D eigenvalue weighted by Gasteiger charge is 2.36. The third kappa shape index (κ3) is 3.28. The highest BCUT2D eigenvalue weighted by molar-refractivity contribution is 5.96. The molecule has 31 heavy (non-hydrogen) atoms.